The summed E-state index contributed by atoms with van der Waals surface area (Å²) in [6, 6.07) is 5.11. The second kappa shape index (κ2) is 11.8. The number of Topliss-reactive ketones (excluding diaryl/α,β-unsaturated/α-hetero) is 1. The molecule has 212 valence electrons. The van der Waals surface area contributed by atoms with Gasteiger partial charge in [0.15, 0.2) is 11.5 Å². The first-order chi connectivity index (χ1) is 18.9. The molecule has 2 N–H and O–H groups in total. The second-order valence-electron chi connectivity index (χ2n) is 9.38. The number of halogens is 5. The zero-order valence-corrected chi connectivity index (χ0v) is 22.2. The van der Waals surface area contributed by atoms with Gasteiger partial charge in [-0.25, -0.2) is 0 Å². The third kappa shape index (κ3) is 6.23. The molecule has 14 heteroatoms. The van der Waals surface area contributed by atoms with Crippen molar-refractivity contribution in [2.45, 2.75) is 44.4 Å². The summed E-state index contributed by atoms with van der Waals surface area (Å²) in [6.45, 7) is -1.13. The molecule has 0 saturated heterocycles. The zero-order valence-electron chi connectivity index (χ0n) is 20.7. The fourth-order valence-corrected chi connectivity index (χ4v) is 5.37. The molecule has 2 aromatic heterocycles. The molecule has 1 saturated carbocycles. The Hall–Kier alpha value is -3.64. The van der Waals surface area contributed by atoms with E-state index in [2.05, 4.69) is 10.1 Å². The van der Waals surface area contributed by atoms with Crippen LogP contribution in [0.3, 0.4) is 0 Å². The number of phenolic OH excluding ortho intramolecular Hbond substituents is 1. The Bertz CT molecular complexity index is 1420. The van der Waals surface area contributed by atoms with E-state index < -0.39 is 60.1 Å². The minimum atomic E-state index is -4.99. The third-order valence-corrected chi connectivity index (χ3v) is 7.37. The molecule has 0 aliphatic heterocycles. The van der Waals surface area contributed by atoms with Crippen molar-refractivity contribution in [3.63, 3.8) is 0 Å². The summed E-state index contributed by atoms with van der Waals surface area (Å²) in [5.74, 6) is -3.81. The van der Waals surface area contributed by atoms with Crippen LogP contribution in [0.2, 0.25) is 10.0 Å². The molecule has 0 unspecified atom stereocenters. The predicted molar refractivity (Wildman–Crippen MR) is 137 cm³/mol. The molecule has 9 nitrogen and oxygen atoms in total. The molecule has 1 aromatic carbocycles. The maximum Gasteiger partial charge on any atom is 0.433 e. The van der Waals surface area contributed by atoms with Crippen molar-refractivity contribution in [2.75, 3.05) is 6.54 Å². The topological polar surface area (TPSA) is 126 Å². The maximum absolute atomic E-state index is 14.4. The lowest BCUT2D eigenvalue weighted by Crippen LogP contribution is -2.37. The van der Waals surface area contributed by atoms with Gasteiger partial charge in [0.2, 0.25) is 0 Å². The average Bonchev–Trinajstić information content (AvgIpc) is 3.35. The number of carbonyl (C=O) groups excluding carboxylic acids is 2. The molecular formula is C26H23Cl2F3N4O5. The number of carbonyl (C=O) groups is 3. The summed E-state index contributed by atoms with van der Waals surface area (Å²) in [5.41, 5.74) is -2.06. The highest BCUT2D eigenvalue weighted by atomic mass is 35.5. The molecule has 0 atom stereocenters. The van der Waals surface area contributed by atoms with Crippen molar-refractivity contribution in [1.82, 2.24) is 19.7 Å². The Morgan fingerprint density at radius 1 is 1.02 bits per heavy atom. The van der Waals surface area contributed by atoms with Crippen molar-refractivity contribution < 1.29 is 37.8 Å². The van der Waals surface area contributed by atoms with Gasteiger partial charge in [-0.15, -0.1) is 0 Å². The van der Waals surface area contributed by atoms with Crippen molar-refractivity contribution >= 4 is 40.9 Å². The van der Waals surface area contributed by atoms with E-state index in [1.54, 1.807) is 6.07 Å². The first-order valence-electron chi connectivity index (χ1n) is 12.1. The van der Waals surface area contributed by atoms with Gasteiger partial charge >= 0.3 is 12.1 Å². The standard InChI is InChI=1S/C26H23Cl2F3N4O5/c27-18-10-32-11-19(28)22(18)21(37)13-34(12-15-3-1-2-4-20(15)36)24(38)17-9-33-35(23(17)26(29,30)31)16-7-5-14(6-8-16)25(39)40/h1-4,9-11,14,16,36H,5-8,12-13H2,(H,39,40). The van der Waals surface area contributed by atoms with Gasteiger partial charge in [0.05, 0.1) is 52.4 Å². The number of hydrogen-bond acceptors (Lipinski definition) is 6. The van der Waals surface area contributed by atoms with Crippen molar-refractivity contribution in [3.05, 3.63) is 75.3 Å². The fraction of sp³-hybridized carbons (Fsp3) is 0.346. The average molecular weight is 599 g/mol. The quantitative estimate of drug-likeness (QED) is 0.321. The molecule has 1 amide bonds. The van der Waals surface area contributed by atoms with Crippen LogP contribution in [0.25, 0.3) is 0 Å². The predicted octanol–water partition coefficient (Wildman–Crippen LogP) is 5.65. The van der Waals surface area contributed by atoms with E-state index in [-0.39, 0.29) is 52.6 Å². The number of carboxylic acids is 1. The highest BCUT2D eigenvalue weighted by Gasteiger charge is 2.43. The summed E-state index contributed by atoms with van der Waals surface area (Å²) in [4.78, 5) is 42.8. The molecular weight excluding hydrogens is 576 g/mol. The maximum atomic E-state index is 14.4. The Kier molecular flexibility index (Phi) is 8.69. The van der Waals surface area contributed by atoms with E-state index in [0.29, 0.717) is 0 Å². The van der Waals surface area contributed by atoms with Gasteiger partial charge in [-0.05, 0) is 31.7 Å². The van der Waals surface area contributed by atoms with Crippen molar-refractivity contribution in [2.24, 2.45) is 5.92 Å². The number of pyridine rings is 1. The largest absolute Gasteiger partial charge is 0.508 e. The summed E-state index contributed by atoms with van der Waals surface area (Å²) in [7, 11) is 0. The van der Waals surface area contributed by atoms with E-state index in [4.69, 9.17) is 23.2 Å². The molecule has 2 heterocycles. The van der Waals surface area contributed by atoms with Gasteiger partial charge in [0, 0.05) is 18.0 Å². The number of aromatic nitrogens is 3. The van der Waals surface area contributed by atoms with E-state index in [0.717, 1.165) is 15.8 Å². The van der Waals surface area contributed by atoms with Crippen LogP contribution in [0.1, 0.15) is 63.7 Å². The molecule has 1 fully saturated rings. The molecule has 4 rings (SSSR count). The monoisotopic (exact) mass is 598 g/mol. The lowest BCUT2D eigenvalue weighted by molar-refractivity contribution is -0.147. The number of nitrogens with zero attached hydrogens (tertiary/aromatic N) is 4. The number of phenols is 1. The van der Waals surface area contributed by atoms with Gasteiger partial charge in [0.1, 0.15) is 5.75 Å². The normalized spacial score (nSPS) is 17.4. The molecule has 1 aliphatic carbocycles. The van der Waals surface area contributed by atoms with Gasteiger partial charge < -0.3 is 15.1 Å². The Labute approximate surface area is 236 Å². The molecule has 40 heavy (non-hydrogen) atoms. The van der Waals surface area contributed by atoms with Crippen LogP contribution in [-0.4, -0.2) is 54.1 Å². The lowest BCUT2D eigenvalue weighted by atomic mass is 9.86. The number of aromatic hydroxyl groups is 1. The molecule has 0 spiro atoms. The summed E-state index contributed by atoms with van der Waals surface area (Å²) in [6.07, 6.45) is -1.26. The van der Waals surface area contributed by atoms with E-state index in [1.165, 1.54) is 30.6 Å². The van der Waals surface area contributed by atoms with Crippen LogP contribution in [-0.2, 0) is 17.5 Å². The Morgan fingerprint density at radius 2 is 1.65 bits per heavy atom. The van der Waals surface area contributed by atoms with Gasteiger partial charge in [-0.3, -0.25) is 24.0 Å². The lowest BCUT2D eigenvalue weighted by Gasteiger charge is -2.28. The number of hydrogen-bond donors (Lipinski definition) is 2. The molecule has 3 aromatic rings. The van der Waals surface area contributed by atoms with Crippen LogP contribution in [0.5, 0.6) is 5.75 Å². The van der Waals surface area contributed by atoms with E-state index >= 15 is 0 Å². The number of alkyl halides is 3. The van der Waals surface area contributed by atoms with Crippen LogP contribution in [0.4, 0.5) is 13.2 Å². The summed E-state index contributed by atoms with van der Waals surface area (Å²) in [5, 5.41) is 23.2. The fourth-order valence-electron chi connectivity index (χ4n) is 4.80. The summed E-state index contributed by atoms with van der Waals surface area (Å²) >= 11 is 12.2. The molecule has 0 radical (unpaired) electrons. The van der Waals surface area contributed by atoms with Gasteiger partial charge in [-0.1, -0.05) is 41.4 Å². The molecule has 1 aliphatic rings. The number of para-hydroxylation sites is 1. The minimum absolute atomic E-state index is 0.103. The van der Waals surface area contributed by atoms with Gasteiger partial charge in [-0.2, -0.15) is 18.3 Å². The molecule has 0 bridgehead atoms. The van der Waals surface area contributed by atoms with Crippen LogP contribution in [0, 0.1) is 5.92 Å². The van der Waals surface area contributed by atoms with Crippen LogP contribution < -0.4 is 0 Å². The van der Waals surface area contributed by atoms with E-state index in [9.17, 15) is 37.8 Å². The summed E-state index contributed by atoms with van der Waals surface area (Å²) < 4.78 is 43.9. The number of carboxylic acid groups (broad SMARTS) is 1. The first-order valence-corrected chi connectivity index (χ1v) is 12.9. The number of ketones is 1. The SMILES string of the molecule is O=C(CN(Cc1ccccc1O)C(=O)c1cnn(C2CCC(C(=O)O)CC2)c1C(F)(F)F)c1c(Cl)cncc1Cl. The number of rotatable bonds is 8. The van der Waals surface area contributed by atoms with E-state index in [1.807, 2.05) is 0 Å². The number of aliphatic carboxylic acids is 1. The minimum Gasteiger partial charge on any atom is -0.508 e. The first kappa shape index (κ1) is 29.3. The van der Waals surface area contributed by atoms with Gasteiger partial charge in [0.25, 0.3) is 5.91 Å². The van der Waals surface area contributed by atoms with Crippen LogP contribution >= 0.6 is 23.2 Å². The second-order valence-corrected chi connectivity index (χ2v) is 10.2. The highest BCUT2D eigenvalue weighted by Crippen LogP contribution is 2.39. The number of benzene rings is 1. The number of amides is 1. The van der Waals surface area contributed by atoms with Crippen molar-refractivity contribution in [1.29, 1.82) is 0 Å². The Balaban J connectivity index is 1.71. The van der Waals surface area contributed by atoms with Crippen molar-refractivity contribution in [3.8, 4) is 5.75 Å². The van der Waals surface area contributed by atoms with Crippen LogP contribution in [0.15, 0.2) is 42.9 Å². The zero-order chi connectivity index (χ0) is 29.2. The Morgan fingerprint density at radius 3 is 2.23 bits per heavy atom. The smallest absolute Gasteiger partial charge is 0.433 e. The third-order valence-electron chi connectivity index (χ3n) is 6.79. The highest BCUT2D eigenvalue weighted by molar-refractivity contribution is 6.39.